The maximum absolute atomic E-state index is 11.7. The third-order valence-corrected chi connectivity index (χ3v) is 5.40. The molecule has 2 unspecified atom stereocenters. The van der Waals surface area contributed by atoms with Gasteiger partial charge in [0.25, 0.3) is 0 Å². The summed E-state index contributed by atoms with van der Waals surface area (Å²) in [6.45, 7) is 2.24. The molecule has 3 fully saturated rings. The number of rotatable bonds is 2. The highest BCUT2D eigenvalue weighted by Crippen LogP contribution is 2.49. The molecular formula is C14H23NO3. The monoisotopic (exact) mass is 253 g/mol. The predicted molar refractivity (Wildman–Crippen MR) is 67.4 cm³/mol. The van der Waals surface area contributed by atoms with Gasteiger partial charge < -0.3 is 15.2 Å². The number of aliphatic carboxylic acids is 1. The van der Waals surface area contributed by atoms with Crippen LogP contribution in [0.4, 0.5) is 0 Å². The molecule has 1 aliphatic carbocycles. The van der Waals surface area contributed by atoms with E-state index in [1.165, 1.54) is 12.8 Å². The molecule has 2 N–H and O–H groups in total. The summed E-state index contributed by atoms with van der Waals surface area (Å²) in [6, 6.07) is 0. The van der Waals surface area contributed by atoms with Crippen molar-refractivity contribution < 1.29 is 14.6 Å². The second kappa shape index (κ2) is 4.49. The summed E-state index contributed by atoms with van der Waals surface area (Å²) >= 11 is 0. The van der Waals surface area contributed by atoms with E-state index in [1.54, 1.807) is 0 Å². The fraction of sp³-hybridized carbons (Fsp3) is 0.929. The third kappa shape index (κ3) is 1.86. The Morgan fingerprint density at radius 3 is 2.67 bits per heavy atom. The molecule has 18 heavy (non-hydrogen) atoms. The predicted octanol–water partition coefficient (Wildman–Crippen LogP) is 1.79. The molecule has 1 spiro atoms. The molecule has 4 nitrogen and oxygen atoms in total. The third-order valence-electron chi connectivity index (χ3n) is 5.40. The number of nitrogens with one attached hydrogen (secondary N) is 1. The van der Waals surface area contributed by atoms with Gasteiger partial charge in [-0.25, -0.2) is 0 Å². The Balaban J connectivity index is 1.80. The summed E-state index contributed by atoms with van der Waals surface area (Å²) in [5, 5.41) is 12.9. The highest BCUT2D eigenvalue weighted by atomic mass is 16.5. The fourth-order valence-electron chi connectivity index (χ4n) is 4.28. The van der Waals surface area contributed by atoms with Crippen molar-refractivity contribution in [3.05, 3.63) is 0 Å². The smallest absolute Gasteiger partial charge is 0.311 e. The Hall–Kier alpha value is -0.610. The zero-order valence-corrected chi connectivity index (χ0v) is 10.9. The number of hydrogen-bond acceptors (Lipinski definition) is 3. The van der Waals surface area contributed by atoms with Gasteiger partial charge in [0.2, 0.25) is 0 Å². The topological polar surface area (TPSA) is 58.6 Å². The van der Waals surface area contributed by atoms with Crippen LogP contribution in [0.1, 0.15) is 44.9 Å². The lowest BCUT2D eigenvalue weighted by atomic mass is 9.67. The van der Waals surface area contributed by atoms with Crippen molar-refractivity contribution in [2.45, 2.75) is 50.5 Å². The van der Waals surface area contributed by atoms with E-state index in [-0.39, 0.29) is 11.5 Å². The van der Waals surface area contributed by atoms with E-state index < -0.39 is 11.4 Å². The first kappa shape index (κ1) is 12.4. The SMILES string of the molecule is O=C(O)C1(C2CCOC3(CCCC3)C2)CCNC1. The van der Waals surface area contributed by atoms with Gasteiger partial charge in [-0.1, -0.05) is 12.8 Å². The summed E-state index contributed by atoms with van der Waals surface area (Å²) in [6.07, 6.45) is 7.40. The average Bonchev–Trinajstić information content (AvgIpc) is 2.99. The zero-order valence-electron chi connectivity index (χ0n) is 10.9. The normalized spacial score (nSPS) is 39.2. The van der Waals surface area contributed by atoms with Crippen LogP contribution in [-0.2, 0) is 9.53 Å². The minimum absolute atomic E-state index is 0.0218. The van der Waals surface area contributed by atoms with E-state index in [0.29, 0.717) is 6.54 Å². The largest absolute Gasteiger partial charge is 0.481 e. The number of carboxylic acid groups (broad SMARTS) is 1. The summed E-state index contributed by atoms with van der Waals surface area (Å²) < 4.78 is 6.03. The number of carboxylic acids is 1. The molecule has 2 heterocycles. The Morgan fingerprint density at radius 2 is 2.06 bits per heavy atom. The van der Waals surface area contributed by atoms with Crippen molar-refractivity contribution in [1.29, 1.82) is 0 Å². The van der Waals surface area contributed by atoms with Gasteiger partial charge in [-0.3, -0.25) is 4.79 Å². The molecule has 0 radical (unpaired) electrons. The van der Waals surface area contributed by atoms with Crippen LogP contribution >= 0.6 is 0 Å². The van der Waals surface area contributed by atoms with Gasteiger partial charge in [0.15, 0.2) is 0 Å². The van der Waals surface area contributed by atoms with E-state index in [4.69, 9.17) is 4.74 Å². The summed E-state index contributed by atoms with van der Waals surface area (Å²) in [5.41, 5.74) is -0.507. The molecule has 4 heteroatoms. The van der Waals surface area contributed by atoms with Gasteiger partial charge >= 0.3 is 5.97 Å². The van der Waals surface area contributed by atoms with E-state index >= 15 is 0 Å². The van der Waals surface area contributed by atoms with Crippen molar-refractivity contribution in [3.8, 4) is 0 Å². The standard InChI is InChI=1S/C14H23NO3/c16-12(17)14(6-7-15-10-14)11-3-8-18-13(9-11)4-1-2-5-13/h11,15H,1-10H2,(H,16,17). The first-order chi connectivity index (χ1) is 8.67. The first-order valence-electron chi connectivity index (χ1n) is 7.25. The van der Waals surface area contributed by atoms with Crippen molar-refractivity contribution >= 4 is 5.97 Å². The van der Waals surface area contributed by atoms with E-state index in [9.17, 15) is 9.90 Å². The number of carbonyl (C=O) groups is 1. The molecule has 2 saturated heterocycles. The van der Waals surface area contributed by atoms with Crippen LogP contribution in [0.3, 0.4) is 0 Å². The summed E-state index contributed by atoms with van der Waals surface area (Å²) in [5.74, 6) is -0.315. The molecule has 0 aromatic heterocycles. The van der Waals surface area contributed by atoms with Gasteiger partial charge in [0.05, 0.1) is 11.0 Å². The molecule has 102 valence electrons. The van der Waals surface area contributed by atoms with Crippen LogP contribution in [-0.4, -0.2) is 36.4 Å². The molecule has 0 aromatic rings. The quantitative estimate of drug-likeness (QED) is 0.787. The number of ether oxygens (including phenoxy) is 1. The maximum atomic E-state index is 11.7. The summed E-state index contributed by atoms with van der Waals surface area (Å²) in [7, 11) is 0. The Bertz CT molecular complexity index is 330. The van der Waals surface area contributed by atoms with E-state index in [0.717, 1.165) is 45.3 Å². The van der Waals surface area contributed by atoms with E-state index in [1.807, 2.05) is 0 Å². The highest BCUT2D eigenvalue weighted by molar-refractivity contribution is 5.76. The Labute approximate surface area is 108 Å². The Kier molecular flexibility index (Phi) is 3.10. The van der Waals surface area contributed by atoms with Crippen molar-refractivity contribution in [1.82, 2.24) is 5.32 Å². The van der Waals surface area contributed by atoms with Crippen LogP contribution in [0.5, 0.6) is 0 Å². The average molecular weight is 253 g/mol. The van der Waals surface area contributed by atoms with E-state index in [2.05, 4.69) is 5.32 Å². The second-order valence-corrected chi connectivity index (χ2v) is 6.32. The van der Waals surface area contributed by atoms with Crippen molar-refractivity contribution in [2.75, 3.05) is 19.7 Å². The van der Waals surface area contributed by atoms with Crippen LogP contribution in [0.25, 0.3) is 0 Å². The van der Waals surface area contributed by atoms with Gasteiger partial charge in [-0.15, -0.1) is 0 Å². The highest BCUT2D eigenvalue weighted by Gasteiger charge is 2.52. The summed E-state index contributed by atoms with van der Waals surface area (Å²) in [4.78, 5) is 11.7. The van der Waals surface area contributed by atoms with Crippen molar-refractivity contribution in [3.63, 3.8) is 0 Å². The van der Waals surface area contributed by atoms with Crippen LogP contribution in [0.15, 0.2) is 0 Å². The molecule has 2 atom stereocenters. The van der Waals surface area contributed by atoms with Crippen molar-refractivity contribution in [2.24, 2.45) is 11.3 Å². The molecule has 0 amide bonds. The molecule has 2 aliphatic heterocycles. The van der Waals surface area contributed by atoms with Gasteiger partial charge in [-0.05, 0) is 44.6 Å². The lowest BCUT2D eigenvalue weighted by Crippen LogP contribution is -2.48. The van der Waals surface area contributed by atoms with Crippen LogP contribution in [0, 0.1) is 11.3 Å². The zero-order chi connectivity index (χ0) is 12.6. The second-order valence-electron chi connectivity index (χ2n) is 6.32. The molecule has 0 bridgehead atoms. The van der Waals surface area contributed by atoms with Crippen LogP contribution in [0.2, 0.25) is 0 Å². The van der Waals surface area contributed by atoms with Gasteiger partial charge in [0.1, 0.15) is 0 Å². The van der Waals surface area contributed by atoms with Gasteiger partial charge in [0, 0.05) is 13.2 Å². The molecule has 3 aliphatic rings. The molecule has 3 rings (SSSR count). The lowest BCUT2D eigenvalue weighted by molar-refractivity contribution is -0.161. The Morgan fingerprint density at radius 1 is 1.28 bits per heavy atom. The maximum Gasteiger partial charge on any atom is 0.311 e. The first-order valence-corrected chi connectivity index (χ1v) is 7.25. The minimum atomic E-state index is -0.604. The fourth-order valence-corrected chi connectivity index (χ4v) is 4.28. The lowest BCUT2D eigenvalue weighted by Gasteiger charge is -2.44. The molecule has 0 aromatic carbocycles. The van der Waals surface area contributed by atoms with Crippen LogP contribution < -0.4 is 5.32 Å². The molecular weight excluding hydrogens is 230 g/mol. The number of hydrogen-bond donors (Lipinski definition) is 2. The van der Waals surface area contributed by atoms with Gasteiger partial charge in [-0.2, -0.15) is 0 Å². The minimum Gasteiger partial charge on any atom is -0.481 e. The molecule has 1 saturated carbocycles.